The molecule has 0 bridgehead atoms. The Balaban J connectivity index is 1.96. The summed E-state index contributed by atoms with van der Waals surface area (Å²) in [7, 11) is -3.89. The van der Waals surface area contributed by atoms with Gasteiger partial charge in [0, 0.05) is 12.6 Å². The summed E-state index contributed by atoms with van der Waals surface area (Å²) < 4.78 is 34.1. The lowest BCUT2D eigenvalue weighted by atomic mass is 10.2. The number of hydrogen-bond donors (Lipinski definition) is 0. The Hall–Kier alpha value is -2.32. The fourth-order valence-electron chi connectivity index (χ4n) is 2.22. The van der Waals surface area contributed by atoms with Crippen LogP contribution in [-0.2, 0) is 14.8 Å². The second kappa shape index (κ2) is 6.89. The molecule has 25 heavy (non-hydrogen) atoms. The van der Waals surface area contributed by atoms with Crippen molar-refractivity contribution in [1.82, 2.24) is 4.90 Å². The summed E-state index contributed by atoms with van der Waals surface area (Å²) >= 11 is 1.02. The van der Waals surface area contributed by atoms with Gasteiger partial charge < -0.3 is 4.42 Å². The van der Waals surface area contributed by atoms with E-state index in [1.54, 1.807) is 37.3 Å². The van der Waals surface area contributed by atoms with E-state index >= 15 is 0 Å². The molecule has 0 radical (unpaired) electrons. The molecule has 0 N–H and O–H groups in total. The maximum absolute atomic E-state index is 12.5. The van der Waals surface area contributed by atoms with Gasteiger partial charge in [0.05, 0.1) is 16.1 Å². The molecule has 3 rings (SSSR count). The molecule has 0 spiro atoms. The predicted octanol–water partition coefficient (Wildman–Crippen LogP) is 3.27. The number of benzene rings is 1. The highest BCUT2D eigenvalue weighted by atomic mass is 32.2. The molecule has 1 aliphatic rings. The predicted molar refractivity (Wildman–Crippen MR) is 97.5 cm³/mol. The van der Waals surface area contributed by atoms with Gasteiger partial charge in [-0.25, -0.2) is 0 Å². The number of aryl methyl sites for hydroxylation is 1. The minimum absolute atomic E-state index is 0.0955. The van der Waals surface area contributed by atoms with Gasteiger partial charge in [-0.05, 0) is 49.9 Å². The van der Waals surface area contributed by atoms with Crippen LogP contribution in [0, 0.1) is 6.92 Å². The van der Waals surface area contributed by atoms with Crippen LogP contribution in [0.25, 0.3) is 6.08 Å². The summed E-state index contributed by atoms with van der Waals surface area (Å²) in [6.45, 7) is 3.96. The van der Waals surface area contributed by atoms with Gasteiger partial charge >= 0.3 is 0 Å². The molecule has 130 valence electrons. The average molecular weight is 376 g/mol. The van der Waals surface area contributed by atoms with Gasteiger partial charge in [-0.15, -0.1) is 4.40 Å². The van der Waals surface area contributed by atoms with E-state index < -0.39 is 10.0 Å². The van der Waals surface area contributed by atoms with Crippen molar-refractivity contribution in [1.29, 1.82) is 0 Å². The normalized spacial score (nSPS) is 18.5. The number of hydrogen-bond acceptors (Lipinski definition) is 5. The van der Waals surface area contributed by atoms with Crippen LogP contribution < -0.4 is 0 Å². The molecule has 1 aromatic heterocycles. The molecule has 0 atom stereocenters. The van der Waals surface area contributed by atoms with Gasteiger partial charge in [0.15, 0.2) is 5.17 Å². The average Bonchev–Trinajstić information content (AvgIpc) is 3.17. The van der Waals surface area contributed by atoms with Gasteiger partial charge in [-0.2, -0.15) is 8.42 Å². The zero-order chi connectivity index (χ0) is 18.0. The van der Waals surface area contributed by atoms with Crippen molar-refractivity contribution < 1.29 is 17.6 Å². The monoisotopic (exact) mass is 376 g/mol. The largest absolute Gasteiger partial charge is 0.465 e. The standard InChI is InChI=1S/C17H16N2O4S2/c1-3-19-16(20)15(11-13-5-4-10-23-13)24-17(19)18-25(21,22)14-8-6-12(2)7-9-14/h4-11H,3H2,1-2H3/b15-11+,18-17-. The topological polar surface area (TPSA) is 80.0 Å². The Bertz CT molecular complexity index is 943. The molecule has 1 aromatic carbocycles. The summed E-state index contributed by atoms with van der Waals surface area (Å²) in [5.74, 6) is 0.233. The number of carbonyl (C=O) groups excluding carboxylic acids is 1. The van der Waals surface area contributed by atoms with Crippen LogP contribution in [-0.4, -0.2) is 30.9 Å². The number of amides is 1. The molecule has 2 aromatic rings. The van der Waals surface area contributed by atoms with Crippen molar-refractivity contribution in [3.05, 3.63) is 58.9 Å². The molecule has 1 saturated heterocycles. The van der Waals surface area contributed by atoms with Crippen LogP contribution in [0.5, 0.6) is 0 Å². The summed E-state index contributed by atoms with van der Waals surface area (Å²) in [6, 6.07) is 9.86. The molecule has 1 aliphatic heterocycles. The molecule has 0 aliphatic carbocycles. The Morgan fingerprint density at radius 2 is 1.96 bits per heavy atom. The maximum atomic E-state index is 12.5. The number of thioether (sulfide) groups is 1. The van der Waals surface area contributed by atoms with Crippen LogP contribution >= 0.6 is 11.8 Å². The maximum Gasteiger partial charge on any atom is 0.284 e. The van der Waals surface area contributed by atoms with Crippen molar-refractivity contribution in [3.8, 4) is 0 Å². The van der Waals surface area contributed by atoms with E-state index in [0.29, 0.717) is 17.2 Å². The first-order valence-electron chi connectivity index (χ1n) is 7.57. The van der Waals surface area contributed by atoms with E-state index in [1.165, 1.54) is 23.3 Å². The first-order valence-corrected chi connectivity index (χ1v) is 9.83. The zero-order valence-electron chi connectivity index (χ0n) is 13.7. The number of rotatable bonds is 4. The van der Waals surface area contributed by atoms with Gasteiger partial charge in [-0.1, -0.05) is 17.7 Å². The summed E-state index contributed by atoms with van der Waals surface area (Å²) in [4.78, 5) is 14.3. The number of amidine groups is 1. The number of sulfonamides is 1. The third kappa shape index (κ3) is 3.69. The lowest BCUT2D eigenvalue weighted by Crippen LogP contribution is -2.29. The van der Waals surface area contributed by atoms with E-state index in [9.17, 15) is 13.2 Å². The van der Waals surface area contributed by atoms with Crippen LogP contribution in [0.15, 0.2) is 61.3 Å². The Morgan fingerprint density at radius 3 is 2.56 bits per heavy atom. The van der Waals surface area contributed by atoms with Gasteiger partial charge in [-0.3, -0.25) is 9.69 Å². The quantitative estimate of drug-likeness (QED) is 0.765. The van der Waals surface area contributed by atoms with Gasteiger partial charge in [0.1, 0.15) is 5.76 Å². The second-order valence-corrected chi connectivity index (χ2v) is 7.95. The molecular weight excluding hydrogens is 360 g/mol. The highest BCUT2D eigenvalue weighted by Crippen LogP contribution is 2.33. The molecule has 1 fully saturated rings. The minimum atomic E-state index is -3.89. The van der Waals surface area contributed by atoms with Crippen molar-refractivity contribution in [3.63, 3.8) is 0 Å². The van der Waals surface area contributed by atoms with E-state index in [-0.39, 0.29) is 16.0 Å². The number of likely N-dealkylation sites (N-methyl/N-ethyl adjacent to an activating group) is 1. The Kier molecular flexibility index (Phi) is 4.82. The number of furan rings is 1. The smallest absolute Gasteiger partial charge is 0.284 e. The van der Waals surface area contributed by atoms with Crippen molar-refractivity contribution in [2.45, 2.75) is 18.7 Å². The van der Waals surface area contributed by atoms with Crippen LogP contribution in [0.2, 0.25) is 0 Å². The Morgan fingerprint density at radius 1 is 1.24 bits per heavy atom. The van der Waals surface area contributed by atoms with Gasteiger partial charge in [0.25, 0.3) is 15.9 Å². The molecule has 0 unspecified atom stereocenters. The molecule has 1 amide bonds. The highest BCUT2D eigenvalue weighted by molar-refractivity contribution is 8.19. The SMILES string of the molecule is CCN1C(=O)/C(=C\c2ccco2)S/C1=N\S(=O)(=O)c1ccc(C)cc1. The van der Waals surface area contributed by atoms with E-state index in [0.717, 1.165) is 17.3 Å². The van der Waals surface area contributed by atoms with E-state index in [4.69, 9.17) is 4.42 Å². The van der Waals surface area contributed by atoms with Crippen LogP contribution in [0.1, 0.15) is 18.2 Å². The first kappa shape index (κ1) is 17.5. The molecule has 8 heteroatoms. The molecule has 0 saturated carbocycles. The zero-order valence-corrected chi connectivity index (χ0v) is 15.3. The fourth-order valence-corrected chi connectivity index (χ4v) is 4.45. The summed E-state index contributed by atoms with van der Waals surface area (Å²) in [5.41, 5.74) is 0.955. The van der Waals surface area contributed by atoms with Gasteiger partial charge in [0.2, 0.25) is 0 Å². The van der Waals surface area contributed by atoms with Crippen molar-refractivity contribution >= 4 is 38.9 Å². The third-order valence-corrected chi connectivity index (χ3v) is 5.94. The first-order chi connectivity index (χ1) is 11.9. The number of carbonyl (C=O) groups is 1. The Labute approximate surface area is 150 Å². The van der Waals surface area contributed by atoms with Crippen LogP contribution in [0.3, 0.4) is 0 Å². The highest BCUT2D eigenvalue weighted by Gasteiger charge is 2.34. The van der Waals surface area contributed by atoms with E-state index in [2.05, 4.69) is 4.40 Å². The molecular formula is C17H16N2O4S2. The lowest BCUT2D eigenvalue weighted by molar-refractivity contribution is -0.122. The van der Waals surface area contributed by atoms with E-state index in [1.807, 2.05) is 6.92 Å². The van der Waals surface area contributed by atoms with Crippen LogP contribution in [0.4, 0.5) is 0 Å². The number of nitrogens with zero attached hydrogens (tertiary/aromatic N) is 2. The molecule has 6 nitrogen and oxygen atoms in total. The van der Waals surface area contributed by atoms with Crippen molar-refractivity contribution in [2.24, 2.45) is 4.40 Å². The second-order valence-electron chi connectivity index (χ2n) is 5.34. The lowest BCUT2D eigenvalue weighted by Gasteiger charge is -2.11. The van der Waals surface area contributed by atoms with Crippen molar-refractivity contribution in [2.75, 3.05) is 6.54 Å². The molecule has 2 heterocycles. The summed E-state index contributed by atoms with van der Waals surface area (Å²) in [6.07, 6.45) is 3.08. The minimum Gasteiger partial charge on any atom is -0.465 e. The fraction of sp³-hybridized carbons (Fsp3) is 0.176. The summed E-state index contributed by atoms with van der Waals surface area (Å²) in [5, 5.41) is 0.144. The third-order valence-electron chi connectivity index (χ3n) is 3.54.